The van der Waals surface area contributed by atoms with Gasteiger partial charge >= 0.3 is 5.97 Å². The molecule has 7 heteroatoms. The van der Waals surface area contributed by atoms with Crippen molar-refractivity contribution in [3.8, 4) is 0 Å². The predicted octanol–water partition coefficient (Wildman–Crippen LogP) is 0.469. The van der Waals surface area contributed by atoms with Crippen LogP contribution in [0.4, 0.5) is 0 Å². The fourth-order valence-electron chi connectivity index (χ4n) is 1.92. The van der Waals surface area contributed by atoms with Crippen LogP contribution in [0.15, 0.2) is 29.2 Å². The van der Waals surface area contributed by atoms with Gasteiger partial charge in [-0.15, -0.1) is 0 Å². The Labute approximate surface area is 111 Å². The molecule has 1 fully saturated rings. The topological polar surface area (TPSA) is 83.9 Å². The van der Waals surface area contributed by atoms with Crippen LogP contribution in [0.2, 0.25) is 0 Å². The molecule has 0 aliphatic carbocycles. The standard InChI is InChI=1S/C12H15NO5S/c1-9-2-4-10(5-3-9)19(16,17)13-6-7-18-8-11(13)12(14)15/h2-5,11H,6-8H2,1H3,(H,14,15). The van der Waals surface area contributed by atoms with Gasteiger partial charge in [-0.05, 0) is 19.1 Å². The molecule has 0 bridgehead atoms. The van der Waals surface area contributed by atoms with Gasteiger partial charge in [0.15, 0.2) is 0 Å². The first-order valence-electron chi connectivity index (χ1n) is 5.82. The molecule has 0 amide bonds. The zero-order chi connectivity index (χ0) is 14.0. The first-order valence-corrected chi connectivity index (χ1v) is 7.26. The van der Waals surface area contributed by atoms with Crippen molar-refractivity contribution in [3.05, 3.63) is 29.8 Å². The number of benzene rings is 1. The van der Waals surface area contributed by atoms with Gasteiger partial charge in [-0.1, -0.05) is 17.7 Å². The molecule has 104 valence electrons. The third-order valence-electron chi connectivity index (χ3n) is 2.99. The van der Waals surface area contributed by atoms with E-state index in [1.807, 2.05) is 6.92 Å². The minimum Gasteiger partial charge on any atom is -0.480 e. The van der Waals surface area contributed by atoms with Crippen molar-refractivity contribution in [1.82, 2.24) is 4.31 Å². The molecule has 1 unspecified atom stereocenters. The summed E-state index contributed by atoms with van der Waals surface area (Å²) in [7, 11) is -3.80. The van der Waals surface area contributed by atoms with Crippen LogP contribution in [0.3, 0.4) is 0 Å². The lowest BCUT2D eigenvalue weighted by atomic mass is 10.2. The fraction of sp³-hybridized carbons (Fsp3) is 0.417. The average molecular weight is 285 g/mol. The Morgan fingerprint density at radius 3 is 2.58 bits per heavy atom. The lowest BCUT2D eigenvalue weighted by molar-refractivity contribution is -0.146. The molecule has 1 saturated heterocycles. The van der Waals surface area contributed by atoms with E-state index in [0.29, 0.717) is 0 Å². The monoisotopic (exact) mass is 285 g/mol. The third-order valence-corrected chi connectivity index (χ3v) is 4.91. The molecule has 2 rings (SSSR count). The Kier molecular flexibility index (Phi) is 3.88. The van der Waals surface area contributed by atoms with E-state index in [2.05, 4.69) is 0 Å². The third kappa shape index (κ3) is 2.78. The summed E-state index contributed by atoms with van der Waals surface area (Å²) >= 11 is 0. The minimum atomic E-state index is -3.80. The van der Waals surface area contributed by atoms with Crippen LogP contribution < -0.4 is 0 Å². The molecule has 6 nitrogen and oxygen atoms in total. The van der Waals surface area contributed by atoms with Gasteiger partial charge in [0, 0.05) is 6.54 Å². The van der Waals surface area contributed by atoms with Gasteiger partial charge in [-0.25, -0.2) is 8.42 Å². The molecule has 1 aliphatic rings. The zero-order valence-corrected chi connectivity index (χ0v) is 11.3. The molecule has 0 radical (unpaired) electrons. The molecule has 1 atom stereocenters. The van der Waals surface area contributed by atoms with Crippen LogP contribution in [-0.4, -0.2) is 49.6 Å². The van der Waals surface area contributed by atoms with E-state index in [-0.39, 0.29) is 24.7 Å². The summed E-state index contributed by atoms with van der Waals surface area (Å²) in [6.07, 6.45) is 0. The SMILES string of the molecule is Cc1ccc(S(=O)(=O)N2CCOCC2C(=O)O)cc1. The molecular formula is C12H15NO5S. The van der Waals surface area contributed by atoms with Crippen molar-refractivity contribution in [3.63, 3.8) is 0 Å². The van der Waals surface area contributed by atoms with Crippen LogP contribution in [0, 0.1) is 6.92 Å². The second-order valence-corrected chi connectivity index (χ2v) is 6.25. The van der Waals surface area contributed by atoms with Gasteiger partial charge < -0.3 is 9.84 Å². The predicted molar refractivity (Wildman–Crippen MR) is 67.3 cm³/mol. The van der Waals surface area contributed by atoms with Crippen molar-refractivity contribution in [2.75, 3.05) is 19.8 Å². The molecule has 1 N–H and O–H groups in total. The molecule has 0 aromatic heterocycles. The smallest absolute Gasteiger partial charge is 0.324 e. The number of sulfonamides is 1. The first kappa shape index (κ1) is 14.0. The Morgan fingerprint density at radius 1 is 1.37 bits per heavy atom. The minimum absolute atomic E-state index is 0.0488. The number of hydrogen-bond acceptors (Lipinski definition) is 4. The molecule has 1 aliphatic heterocycles. The molecule has 1 aromatic rings. The van der Waals surface area contributed by atoms with Crippen LogP contribution in [-0.2, 0) is 19.6 Å². The van der Waals surface area contributed by atoms with Gasteiger partial charge in [0.25, 0.3) is 0 Å². The quantitative estimate of drug-likeness (QED) is 0.872. The maximum Gasteiger partial charge on any atom is 0.324 e. The second kappa shape index (κ2) is 5.28. The zero-order valence-electron chi connectivity index (χ0n) is 10.4. The molecular weight excluding hydrogens is 270 g/mol. The molecule has 19 heavy (non-hydrogen) atoms. The van der Waals surface area contributed by atoms with Gasteiger partial charge in [0.2, 0.25) is 10.0 Å². The maximum absolute atomic E-state index is 12.4. The Hall–Kier alpha value is -1.44. The van der Waals surface area contributed by atoms with E-state index in [1.165, 1.54) is 12.1 Å². The van der Waals surface area contributed by atoms with E-state index >= 15 is 0 Å². The molecule has 0 spiro atoms. The molecule has 0 saturated carbocycles. The van der Waals surface area contributed by atoms with E-state index in [4.69, 9.17) is 9.84 Å². The maximum atomic E-state index is 12.4. The Balaban J connectivity index is 2.37. The van der Waals surface area contributed by atoms with Gasteiger partial charge in [-0.2, -0.15) is 4.31 Å². The summed E-state index contributed by atoms with van der Waals surface area (Å²) in [5, 5.41) is 9.08. The number of carboxylic acids is 1. The summed E-state index contributed by atoms with van der Waals surface area (Å²) in [6, 6.07) is 5.17. The number of aliphatic carboxylic acids is 1. The fourth-order valence-corrected chi connectivity index (χ4v) is 3.47. The lowest BCUT2D eigenvalue weighted by Gasteiger charge is -2.31. The number of hydrogen-bond donors (Lipinski definition) is 1. The summed E-state index contributed by atoms with van der Waals surface area (Å²) in [5.74, 6) is -1.20. The number of carbonyl (C=O) groups is 1. The van der Waals surface area contributed by atoms with Crippen molar-refractivity contribution in [1.29, 1.82) is 0 Å². The van der Waals surface area contributed by atoms with Gasteiger partial charge in [-0.3, -0.25) is 4.79 Å². The van der Waals surface area contributed by atoms with Crippen LogP contribution >= 0.6 is 0 Å². The number of carboxylic acid groups (broad SMARTS) is 1. The normalized spacial score (nSPS) is 21.2. The summed E-state index contributed by atoms with van der Waals surface area (Å²) in [6.45, 7) is 1.98. The van der Waals surface area contributed by atoms with Gasteiger partial charge in [0.05, 0.1) is 18.1 Å². The van der Waals surface area contributed by atoms with Gasteiger partial charge in [0.1, 0.15) is 6.04 Å². The van der Waals surface area contributed by atoms with Crippen molar-refractivity contribution in [2.45, 2.75) is 17.9 Å². The highest BCUT2D eigenvalue weighted by Crippen LogP contribution is 2.21. The Morgan fingerprint density at radius 2 is 2.00 bits per heavy atom. The van der Waals surface area contributed by atoms with Crippen molar-refractivity contribution < 1.29 is 23.1 Å². The molecule has 1 aromatic carbocycles. The van der Waals surface area contributed by atoms with E-state index in [0.717, 1.165) is 9.87 Å². The summed E-state index contributed by atoms with van der Waals surface area (Å²) in [5.41, 5.74) is 0.940. The summed E-state index contributed by atoms with van der Waals surface area (Å²) in [4.78, 5) is 11.2. The number of rotatable bonds is 3. The lowest BCUT2D eigenvalue weighted by Crippen LogP contribution is -2.52. The first-order chi connectivity index (χ1) is 8.93. The van der Waals surface area contributed by atoms with E-state index in [1.54, 1.807) is 12.1 Å². The number of ether oxygens (including phenoxy) is 1. The largest absolute Gasteiger partial charge is 0.480 e. The number of nitrogens with zero attached hydrogens (tertiary/aromatic N) is 1. The van der Waals surface area contributed by atoms with Crippen LogP contribution in [0.5, 0.6) is 0 Å². The molecule has 1 heterocycles. The van der Waals surface area contributed by atoms with Crippen LogP contribution in [0.25, 0.3) is 0 Å². The highest BCUT2D eigenvalue weighted by Gasteiger charge is 2.38. The Bertz CT molecular complexity index is 566. The second-order valence-electron chi connectivity index (χ2n) is 4.36. The summed E-state index contributed by atoms with van der Waals surface area (Å²) < 4.78 is 30.9. The van der Waals surface area contributed by atoms with E-state index in [9.17, 15) is 13.2 Å². The average Bonchev–Trinajstić information content (AvgIpc) is 2.39. The highest BCUT2D eigenvalue weighted by molar-refractivity contribution is 7.89. The van der Waals surface area contributed by atoms with Crippen molar-refractivity contribution >= 4 is 16.0 Å². The van der Waals surface area contributed by atoms with E-state index < -0.39 is 22.0 Å². The highest BCUT2D eigenvalue weighted by atomic mass is 32.2. The van der Waals surface area contributed by atoms with Crippen molar-refractivity contribution in [2.24, 2.45) is 0 Å². The van der Waals surface area contributed by atoms with Crippen LogP contribution in [0.1, 0.15) is 5.56 Å². The number of aryl methyl sites for hydroxylation is 1. The number of morpholine rings is 1.